The van der Waals surface area contributed by atoms with E-state index in [-0.39, 0.29) is 31.0 Å². The molecule has 1 aromatic heterocycles. The quantitative estimate of drug-likeness (QED) is 0.725. The predicted octanol–water partition coefficient (Wildman–Crippen LogP) is 3.39. The summed E-state index contributed by atoms with van der Waals surface area (Å²) in [6, 6.07) is 11.7. The Morgan fingerprint density at radius 1 is 1.18 bits per heavy atom. The van der Waals surface area contributed by atoms with E-state index in [2.05, 4.69) is 24.1 Å². The third kappa shape index (κ3) is 6.26. The highest BCUT2D eigenvalue weighted by molar-refractivity contribution is 5.85. The van der Waals surface area contributed by atoms with Gasteiger partial charge in [0.25, 0.3) is 5.91 Å². The van der Waals surface area contributed by atoms with Crippen LogP contribution < -0.4 is 10.1 Å². The number of furan rings is 1. The van der Waals surface area contributed by atoms with E-state index in [1.165, 1.54) is 5.56 Å². The molecule has 1 aliphatic heterocycles. The lowest BCUT2D eigenvalue weighted by molar-refractivity contribution is -0.123. The lowest BCUT2D eigenvalue weighted by Crippen LogP contribution is -2.44. The molecule has 1 aliphatic rings. The van der Waals surface area contributed by atoms with Crippen LogP contribution in [0, 0.1) is 0 Å². The minimum atomic E-state index is -0.146. The van der Waals surface area contributed by atoms with Crippen molar-refractivity contribution in [3.05, 3.63) is 54.0 Å². The van der Waals surface area contributed by atoms with Gasteiger partial charge < -0.3 is 19.2 Å². The van der Waals surface area contributed by atoms with Gasteiger partial charge in [-0.05, 0) is 35.7 Å². The molecule has 2 aromatic rings. The van der Waals surface area contributed by atoms with Crippen molar-refractivity contribution in [3.8, 4) is 5.75 Å². The molecular weight excluding hydrogens is 380 g/mol. The normalized spacial score (nSPS) is 15.7. The Morgan fingerprint density at radius 2 is 1.89 bits per heavy atom. The Bertz CT molecular complexity index is 698. The number of carbonyl (C=O) groups is 1. The van der Waals surface area contributed by atoms with Crippen LogP contribution in [0.5, 0.6) is 5.75 Å². The Kier molecular flexibility index (Phi) is 8.83. The molecule has 7 heteroatoms. The van der Waals surface area contributed by atoms with Crippen molar-refractivity contribution in [2.75, 3.05) is 39.5 Å². The number of rotatable bonds is 8. The molecular formula is C21H29ClN2O4. The number of amides is 1. The van der Waals surface area contributed by atoms with Gasteiger partial charge in [0.2, 0.25) is 0 Å². The number of morpholine rings is 1. The maximum absolute atomic E-state index is 12.2. The number of benzene rings is 1. The van der Waals surface area contributed by atoms with Crippen LogP contribution in [-0.2, 0) is 9.53 Å². The zero-order chi connectivity index (χ0) is 19.1. The molecule has 0 aliphatic carbocycles. The summed E-state index contributed by atoms with van der Waals surface area (Å²) in [6.07, 6.45) is 1.66. The molecule has 1 saturated heterocycles. The highest BCUT2D eigenvalue weighted by Crippen LogP contribution is 2.22. The molecule has 1 fully saturated rings. The van der Waals surface area contributed by atoms with Gasteiger partial charge in [0, 0.05) is 19.6 Å². The summed E-state index contributed by atoms with van der Waals surface area (Å²) in [5, 5.41) is 2.96. The summed E-state index contributed by atoms with van der Waals surface area (Å²) in [6.45, 7) is 7.79. The number of nitrogens with one attached hydrogen (secondary N) is 1. The number of nitrogens with zero attached hydrogens (tertiary/aromatic N) is 1. The number of hydrogen-bond acceptors (Lipinski definition) is 5. The van der Waals surface area contributed by atoms with Gasteiger partial charge in [-0.1, -0.05) is 26.0 Å². The molecule has 1 atom stereocenters. The Morgan fingerprint density at radius 3 is 2.50 bits per heavy atom. The Hall–Kier alpha value is -2.02. The zero-order valence-electron chi connectivity index (χ0n) is 16.4. The van der Waals surface area contributed by atoms with Crippen molar-refractivity contribution < 1.29 is 18.7 Å². The summed E-state index contributed by atoms with van der Waals surface area (Å²) in [5.41, 5.74) is 1.25. The van der Waals surface area contributed by atoms with Gasteiger partial charge in [-0.2, -0.15) is 0 Å². The fourth-order valence-corrected chi connectivity index (χ4v) is 3.14. The lowest BCUT2D eigenvalue weighted by Gasteiger charge is -2.33. The predicted molar refractivity (Wildman–Crippen MR) is 110 cm³/mol. The van der Waals surface area contributed by atoms with Crippen molar-refractivity contribution >= 4 is 18.3 Å². The monoisotopic (exact) mass is 408 g/mol. The van der Waals surface area contributed by atoms with Crippen LogP contribution in [0.4, 0.5) is 0 Å². The standard InChI is InChI=1S/C21H28N2O4.ClH/c1-16(2)17-5-7-18(8-6-17)27-15-21(24)22-14-19(20-4-3-11-26-20)23-9-12-25-13-10-23;/h3-8,11,16,19H,9-10,12-15H2,1-2H3,(H,22,24);1H. The third-order valence-electron chi connectivity index (χ3n) is 4.77. The van der Waals surface area contributed by atoms with Gasteiger partial charge >= 0.3 is 0 Å². The molecule has 154 valence electrons. The minimum Gasteiger partial charge on any atom is -0.484 e. The van der Waals surface area contributed by atoms with Crippen LogP contribution in [0.25, 0.3) is 0 Å². The van der Waals surface area contributed by atoms with Gasteiger partial charge in [0.15, 0.2) is 6.61 Å². The van der Waals surface area contributed by atoms with Crippen LogP contribution in [0.1, 0.15) is 37.1 Å². The van der Waals surface area contributed by atoms with Crippen LogP contribution in [0.2, 0.25) is 0 Å². The van der Waals surface area contributed by atoms with Gasteiger partial charge in [0.05, 0.1) is 25.5 Å². The molecule has 0 saturated carbocycles. The summed E-state index contributed by atoms with van der Waals surface area (Å²) in [7, 11) is 0. The minimum absolute atomic E-state index is 0. The smallest absolute Gasteiger partial charge is 0.258 e. The Labute approximate surface area is 172 Å². The van der Waals surface area contributed by atoms with Crippen molar-refractivity contribution in [2.24, 2.45) is 0 Å². The van der Waals surface area contributed by atoms with Crippen molar-refractivity contribution in [1.29, 1.82) is 0 Å². The first-order chi connectivity index (χ1) is 13.1. The summed E-state index contributed by atoms with van der Waals surface area (Å²) in [4.78, 5) is 14.5. The first-order valence-electron chi connectivity index (χ1n) is 9.48. The fourth-order valence-electron chi connectivity index (χ4n) is 3.14. The molecule has 28 heavy (non-hydrogen) atoms. The van der Waals surface area contributed by atoms with Crippen LogP contribution >= 0.6 is 12.4 Å². The van der Waals surface area contributed by atoms with E-state index in [1.54, 1.807) is 6.26 Å². The van der Waals surface area contributed by atoms with Crippen LogP contribution in [0.3, 0.4) is 0 Å². The second-order valence-corrected chi connectivity index (χ2v) is 7.00. The first-order valence-corrected chi connectivity index (χ1v) is 9.48. The first kappa shape index (κ1) is 22.3. The third-order valence-corrected chi connectivity index (χ3v) is 4.77. The van der Waals surface area contributed by atoms with E-state index < -0.39 is 0 Å². The molecule has 1 unspecified atom stereocenters. The molecule has 0 spiro atoms. The lowest BCUT2D eigenvalue weighted by atomic mass is 10.0. The number of halogens is 1. The van der Waals surface area contributed by atoms with E-state index in [9.17, 15) is 4.79 Å². The molecule has 3 rings (SSSR count). The van der Waals surface area contributed by atoms with Gasteiger partial charge in [-0.3, -0.25) is 9.69 Å². The maximum atomic E-state index is 12.2. The topological polar surface area (TPSA) is 63.9 Å². The maximum Gasteiger partial charge on any atom is 0.258 e. The molecule has 1 amide bonds. The molecule has 0 radical (unpaired) electrons. The molecule has 2 heterocycles. The second kappa shape index (κ2) is 11.1. The second-order valence-electron chi connectivity index (χ2n) is 7.00. The zero-order valence-corrected chi connectivity index (χ0v) is 17.2. The van der Waals surface area contributed by atoms with Gasteiger partial charge in [0.1, 0.15) is 11.5 Å². The molecule has 1 N–H and O–H groups in total. The molecule has 0 bridgehead atoms. The summed E-state index contributed by atoms with van der Waals surface area (Å²) >= 11 is 0. The van der Waals surface area contributed by atoms with Crippen molar-refractivity contribution in [3.63, 3.8) is 0 Å². The molecule has 6 nitrogen and oxygen atoms in total. The number of hydrogen-bond donors (Lipinski definition) is 1. The van der Waals surface area contributed by atoms with E-state index in [0.717, 1.165) is 18.8 Å². The number of ether oxygens (including phenoxy) is 2. The average molecular weight is 409 g/mol. The van der Waals surface area contributed by atoms with E-state index in [0.29, 0.717) is 31.4 Å². The van der Waals surface area contributed by atoms with Gasteiger partial charge in [-0.25, -0.2) is 0 Å². The van der Waals surface area contributed by atoms with E-state index >= 15 is 0 Å². The number of carbonyl (C=O) groups excluding carboxylic acids is 1. The summed E-state index contributed by atoms with van der Waals surface area (Å²) < 4.78 is 16.6. The van der Waals surface area contributed by atoms with Crippen molar-refractivity contribution in [2.45, 2.75) is 25.8 Å². The fraction of sp³-hybridized carbons (Fsp3) is 0.476. The van der Waals surface area contributed by atoms with Crippen LogP contribution in [0.15, 0.2) is 47.1 Å². The average Bonchev–Trinajstić information content (AvgIpc) is 3.22. The van der Waals surface area contributed by atoms with Gasteiger partial charge in [-0.15, -0.1) is 12.4 Å². The van der Waals surface area contributed by atoms with E-state index in [1.807, 2.05) is 36.4 Å². The van der Waals surface area contributed by atoms with Crippen molar-refractivity contribution in [1.82, 2.24) is 10.2 Å². The molecule has 1 aromatic carbocycles. The largest absolute Gasteiger partial charge is 0.484 e. The summed E-state index contributed by atoms with van der Waals surface area (Å²) in [5.74, 6) is 1.88. The SMILES string of the molecule is CC(C)c1ccc(OCC(=O)NCC(c2ccco2)N2CCOCC2)cc1.Cl. The highest BCUT2D eigenvalue weighted by atomic mass is 35.5. The van der Waals surface area contributed by atoms with E-state index in [4.69, 9.17) is 13.9 Å². The van der Waals surface area contributed by atoms with Crippen LogP contribution in [-0.4, -0.2) is 50.3 Å². The Balaban J connectivity index is 0.00000280. The highest BCUT2D eigenvalue weighted by Gasteiger charge is 2.25.